The molecule has 2 aromatic rings. The highest BCUT2D eigenvalue weighted by Crippen LogP contribution is 2.22. The van der Waals surface area contributed by atoms with Crippen LogP contribution in [0.15, 0.2) is 24.3 Å². The Morgan fingerprint density at radius 2 is 2.06 bits per heavy atom. The molecule has 2 rings (SSSR count). The number of nitrogens with zero attached hydrogens (tertiary/aromatic N) is 2. The topological polar surface area (TPSA) is 29.9 Å². The largest absolute Gasteiger partial charge is 0.381 e. The minimum absolute atomic E-state index is 0.489. The number of aryl methyl sites for hydroxylation is 2. The number of nitrogens with one attached hydrogen (secondary N) is 1. The minimum atomic E-state index is 0.489. The number of aromatic nitrogens is 2. The zero-order chi connectivity index (χ0) is 13.1. The molecule has 0 aliphatic heterocycles. The van der Waals surface area contributed by atoms with Gasteiger partial charge in [-0.15, -0.1) is 11.6 Å². The van der Waals surface area contributed by atoms with E-state index in [1.807, 2.05) is 38.2 Å². The Balaban J connectivity index is 2.16. The van der Waals surface area contributed by atoms with Crippen molar-refractivity contribution in [1.29, 1.82) is 0 Å². The van der Waals surface area contributed by atoms with E-state index in [2.05, 4.69) is 10.4 Å². The molecule has 0 spiro atoms. The Morgan fingerprint density at radius 3 is 2.67 bits per heavy atom. The van der Waals surface area contributed by atoms with Gasteiger partial charge >= 0.3 is 0 Å². The van der Waals surface area contributed by atoms with Gasteiger partial charge in [0, 0.05) is 30.7 Å². The molecule has 96 valence electrons. The van der Waals surface area contributed by atoms with E-state index in [0.29, 0.717) is 17.6 Å². The Labute approximate surface area is 117 Å². The van der Waals surface area contributed by atoms with Crippen LogP contribution >= 0.6 is 23.2 Å². The summed E-state index contributed by atoms with van der Waals surface area (Å²) in [6, 6.07) is 7.98. The van der Waals surface area contributed by atoms with Crippen molar-refractivity contribution in [2.45, 2.75) is 19.3 Å². The van der Waals surface area contributed by atoms with Gasteiger partial charge in [0.15, 0.2) is 0 Å². The summed E-state index contributed by atoms with van der Waals surface area (Å²) >= 11 is 12.1. The van der Waals surface area contributed by atoms with Gasteiger partial charge < -0.3 is 5.32 Å². The van der Waals surface area contributed by atoms with Crippen LogP contribution in [0.4, 0.5) is 5.69 Å². The van der Waals surface area contributed by atoms with Gasteiger partial charge in [0.2, 0.25) is 0 Å². The summed E-state index contributed by atoms with van der Waals surface area (Å²) in [4.78, 5) is 0. The molecule has 0 aliphatic carbocycles. The van der Waals surface area contributed by atoms with Gasteiger partial charge in [0.1, 0.15) is 5.15 Å². The van der Waals surface area contributed by atoms with Gasteiger partial charge in [-0.25, -0.2) is 0 Å². The number of hydrogen-bond acceptors (Lipinski definition) is 2. The second kappa shape index (κ2) is 5.63. The molecule has 0 amide bonds. The molecular formula is C13H15Cl2N3. The third kappa shape index (κ3) is 2.62. The first kappa shape index (κ1) is 13.2. The zero-order valence-corrected chi connectivity index (χ0v) is 11.9. The standard InChI is InChI=1S/C13H15Cl2N3/c1-9-11(13(15)18(2)17-9)8-16-12-6-4-3-5-10(12)7-14/h3-6,16H,7-8H2,1-2H3. The summed E-state index contributed by atoms with van der Waals surface area (Å²) in [5.41, 5.74) is 4.07. The predicted molar refractivity (Wildman–Crippen MR) is 76.3 cm³/mol. The van der Waals surface area contributed by atoms with Gasteiger partial charge in [-0.3, -0.25) is 4.68 Å². The molecule has 3 nitrogen and oxygen atoms in total. The molecule has 1 N–H and O–H groups in total. The van der Waals surface area contributed by atoms with Crippen molar-refractivity contribution >= 4 is 28.9 Å². The van der Waals surface area contributed by atoms with Crippen molar-refractivity contribution in [3.05, 3.63) is 46.2 Å². The second-order valence-electron chi connectivity index (χ2n) is 4.12. The number of alkyl halides is 1. The van der Waals surface area contributed by atoms with E-state index in [4.69, 9.17) is 23.2 Å². The lowest BCUT2D eigenvalue weighted by atomic mass is 10.2. The highest BCUT2D eigenvalue weighted by molar-refractivity contribution is 6.30. The fraction of sp³-hybridized carbons (Fsp3) is 0.308. The van der Waals surface area contributed by atoms with Gasteiger partial charge in [-0.2, -0.15) is 5.10 Å². The Bertz CT molecular complexity index is 549. The Morgan fingerprint density at radius 1 is 1.33 bits per heavy atom. The normalized spacial score (nSPS) is 10.7. The van der Waals surface area contributed by atoms with Crippen LogP contribution in [0.2, 0.25) is 5.15 Å². The molecule has 0 atom stereocenters. The second-order valence-corrected chi connectivity index (χ2v) is 4.75. The van der Waals surface area contributed by atoms with Gasteiger partial charge in [0.25, 0.3) is 0 Å². The molecule has 18 heavy (non-hydrogen) atoms. The lowest BCUT2D eigenvalue weighted by Crippen LogP contribution is -2.02. The Kier molecular flexibility index (Phi) is 4.15. The monoisotopic (exact) mass is 283 g/mol. The molecule has 0 saturated heterocycles. The lowest BCUT2D eigenvalue weighted by molar-refractivity contribution is 0.757. The molecule has 0 fully saturated rings. The van der Waals surface area contributed by atoms with Crippen molar-refractivity contribution < 1.29 is 0 Å². The fourth-order valence-electron chi connectivity index (χ4n) is 1.87. The van der Waals surface area contributed by atoms with Crippen molar-refractivity contribution in [3.8, 4) is 0 Å². The highest BCUT2D eigenvalue weighted by Gasteiger charge is 2.11. The van der Waals surface area contributed by atoms with Gasteiger partial charge in [0.05, 0.1) is 5.69 Å². The SMILES string of the molecule is Cc1nn(C)c(Cl)c1CNc1ccccc1CCl. The van der Waals surface area contributed by atoms with Crippen LogP contribution in [0.5, 0.6) is 0 Å². The first-order chi connectivity index (χ1) is 8.63. The number of hydrogen-bond donors (Lipinski definition) is 1. The van der Waals surface area contributed by atoms with Crippen LogP contribution in [0.3, 0.4) is 0 Å². The number of benzene rings is 1. The van der Waals surface area contributed by atoms with Gasteiger partial charge in [-0.05, 0) is 18.6 Å². The minimum Gasteiger partial charge on any atom is -0.381 e. The Hall–Kier alpha value is -1.19. The molecule has 1 heterocycles. The lowest BCUT2D eigenvalue weighted by Gasteiger charge is -2.10. The molecule has 0 unspecified atom stereocenters. The first-order valence-corrected chi connectivity index (χ1v) is 6.60. The van der Waals surface area contributed by atoms with Crippen molar-refractivity contribution in [2.24, 2.45) is 7.05 Å². The van der Waals surface area contributed by atoms with Crippen LogP contribution in [-0.2, 0) is 19.5 Å². The van der Waals surface area contributed by atoms with E-state index in [1.54, 1.807) is 4.68 Å². The van der Waals surface area contributed by atoms with Crippen LogP contribution in [0.1, 0.15) is 16.8 Å². The summed E-state index contributed by atoms with van der Waals surface area (Å²) in [6.45, 7) is 2.60. The molecule has 0 radical (unpaired) electrons. The average molecular weight is 284 g/mol. The number of rotatable bonds is 4. The summed E-state index contributed by atoms with van der Waals surface area (Å²) in [5, 5.41) is 8.31. The van der Waals surface area contributed by atoms with Crippen LogP contribution in [-0.4, -0.2) is 9.78 Å². The first-order valence-electron chi connectivity index (χ1n) is 5.69. The van der Waals surface area contributed by atoms with Crippen LogP contribution in [0, 0.1) is 6.92 Å². The number of halogens is 2. The summed E-state index contributed by atoms with van der Waals surface area (Å²) in [5.74, 6) is 0.489. The maximum absolute atomic E-state index is 6.19. The summed E-state index contributed by atoms with van der Waals surface area (Å²) in [7, 11) is 1.84. The van der Waals surface area contributed by atoms with Crippen LogP contribution in [0.25, 0.3) is 0 Å². The van der Waals surface area contributed by atoms with E-state index in [1.165, 1.54) is 0 Å². The quantitative estimate of drug-likeness (QED) is 0.867. The average Bonchev–Trinajstić information content (AvgIpc) is 2.62. The molecule has 5 heteroatoms. The number of para-hydroxylation sites is 1. The molecular weight excluding hydrogens is 269 g/mol. The highest BCUT2D eigenvalue weighted by atomic mass is 35.5. The van der Waals surface area contributed by atoms with E-state index in [0.717, 1.165) is 22.5 Å². The summed E-state index contributed by atoms with van der Waals surface area (Å²) in [6.07, 6.45) is 0. The predicted octanol–water partition coefficient (Wildman–Crippen LogP) is 3.73. The van der Waals surface area contributed by atoms with E-state index in [9.17, 15) is 0 Å². The van der Waals surface area contributed by atoms with Crippen LogP contribution < -0.4 is 5.32 Å². The maximum Gasteiger partial charge on any atom is 0.131 e. The third-order valence-electron chi connectivity index (χ3n) is 2.89. The van der Waals surface area contributed by atoms with E-state index >= 15 is 0 Å². The molecule has 1 aromatic carbocycles. The fourth-order valence-corrected chi connectivity index (χ4v) is 2.34. The molecule has 0 bridgehead atoms. The third-order valence-corrected chi connectivity index (χ3v) is 3.65. The summed E-state index contributed by atoms with van der Waals surface area (Å²) < 4.78 is 1.68. The van der Waals surface area contributed by atoms with E-state index in [-0.39, 0.29) is 0 Å². The van der Waals surface area contributed by atoms with Crippen molar-refractivity contribution in [2.75, 3.05) is 5.32 Å². The smallest absolute Gasteiger partial charge is 0.131 e. The number of anilines is 1. The van der Waals surface area contributed by atoms with Crippen molar-refractivity contribution in [1.82, 2.24) is 9.78 Å². The molecule has 0 aliphatic rings. The van der Waals surface area contributed by atoms with Crippen molar-refractivity contribution in [3.63, 3.8) is 0 Å². The zero-order valence-electron chi connectivity index (χ0n) is 10.4. The van der Waals surface area contributed by atoms with Gasteiger partial charge in [-0.1, -0.05) is 29.8 Å². The molecule has 1 aromatic heterocycles. The van der Waals surface area contributed by atoms with E-state index < -0.39 is 0 Å². The maximum atomic E-state index is 6.19. The molecule has 0 saturated carbocycles.